The minimum absolute atomic E-state index is 0.0365. The van der Waals surface area contributed by atoms with Crippen LogP contribution >= 0.6 is 11.3 Å². The van der Waals surface area contributed by atoms with Crippen LogP contribution in [0.3, 0.4) is 0 Å². The number of methoxy groups -OCH3 is 1. The zero-order valence-electron chi connectivity index (χ0n) is 14.7. The van der Waals surface area contributed by atoms with Gasteiger partial charge in [-0.05, 0) is 29.6 Å². The molecule has 5 nitrogen and oxygen atoms in total. The van der Waals surface area contributed by atoms with Crippen LogP contribution in [0.1, 0.15) is 20.0 Å². The number of carbonyl (C=O) groups excluding carboxylic acids is 2. The molecule has 0 unspecified atom stereocenters. The Labute approximate surface area is 165 Å². The first-order chi connectivity index (χ1) is 13.8. The number of thiophene rings is 1. The molecule has 10 heteroatoms. The van der Waals surface area contributed by atoms with E-state index in [4.69, 9.17) is 0 Å². The van der Waals surface area contributed by atoms with Crippen LogP contribution in [-0.4, -0.2) is 18.9 Å². The van der Waals surface area contributed by atoms with Crippen molar-refractivity contribution in [3.63, 3.8) is 0 Å². The molecule has 0 aliphatic carbocycles. The Bertz CT molecular complexity index is 1060. The van der Waals surface area contributed by atoms with Crippen molar-refractivity contribution in [1.82, 2.24) is 0 Å². The van der Waals surface area contributed by atoms with Gasteiger partial charge in [0.2, 0.25) is 11.6 Å². The molecule has 2 amide bonds. The van der Waals surface area contributed by atoms with Gasteiger partial charge in [0.1, 0.15) is 5.56 Å². The molecular weight excluding hydrogens is 412 g/mol. The molecule has 0 radical (unpaired) electrons. The van der Waals surface area contributed by atoms with Gasteiger partial charge >= 0.3 is 0 Å². The first-order valence-electron chi connectivity index (χ1n) is 7.99. The van der Waals surface area contributed by atoms with E-state index in [1.165, 1.54) is 35.6 Å². The zero-order chi connectivity index (χ0) is 21.1. The lowest BCUT2D eigenvalue weighted by Crippen LogP contribution is -2.19. The normalized spacial score (nSPS) is 10.5. The maximum absolute atomic E-state index is 14.1. The minimum Gasteiger partial charge on any atom is -0.491 e. The second kappa shape index (κ2) is 8.31. The monoisotopic (exact) mass is 424 g/mol. The van der Waals surface area contributed by atoms with Crippen molar-refractivity contribution >= 4 is 34.5 Å². The third-order valence-electron chi connectivity index (χ3n) is 3.78. The lowest BCUT2D eigenvalue weighted by molar-refractivity contribution is 0.101. The summed E-state index contributed by atoms with van der Waals surface area (Å²) in [5.41, 5.74) is -1.11. The van der Waals surface area contributed by atoms with Crippen molar-refractivity contribution in [2.24, 2.45) is 0 Å². The summed E-state index contributed by atoms with van der Waals surface area (Å²) < 4.78 is 60.0. The molecule has 0 atom stereocenters. The Balaban J connectivity index is 1.84. The summed E-state index contributed by atoms with van der Waals surface area (Å²) >= 11 is 1.22. The molecule has 0 saturated heterocycles. The lowest BCUT2D eigenvalue weighted by Gasteiger charge is -2.12. The summed E-state index contributed by atoms with van der Waals surface area (Å²) in [6.07, 6.45) is 0. The molecule has 0 saturated carbocycles. The Kier molecular flexibility index (Phi) is 5.83. The molecule has 2 N–H and O–H groups in total. The molecule has 0 aliphatic heterocycles. The van der Waals surface area contributed by atoms with Gasteiger partial charge in [-0.2, -0.15) is 8.78 Å². The third-order valence-corrected chi connectivity index (χ3v) is 4.65. The number of hydrogen-bond donors (Lipinski definition) is 2. The number of hydrogen-bond acceptors (Lipinski definition) is 4. The summed E-state index contributed by atoms with van der Waals surface area (Å²) in [5.74, 6) is -10.5. The van der Waals surface area contributed by atoms with E-state index in [1.54, 1.807) is 17.5 Å². The number of carbonyl (C=O) groups is 2. The molecule has 0 spiro atoms. The van der Waals surface area contributed by atoms with E-state index in [-0.39, 0.29) is 17.3 Å². The summed E-state index contributed by atoms with van der Waals surface area (Å²) in [7, 11) is 0.829. The van der Waals surface area contributed by atoms with Gasteiger partial charge in [0.15, 0.2) is 17.4 Å². The van der Waals surface area contributed by atoms with Gasteiger partial charge in [-0.15, -0.1) is 11.3 Å². The van der Waals surface area contributed by atoms with Crippen LogP contribution in [0.25, 0.3) is 0 Å². The Morgan fingerprint density at radius 2 is 1.45 bits per heavy atom. The summed E-state index contributed by atoms with van der Waals surface area (Å²) in [6, 6.07) is 8.98. The van der Waals surface area contributed by atoms with Crippen molar-refractivity contribution in [1.29, 1.82) is 0 Å². The predicted octanol–water partition coefficient (Wildman–Crippen LogP) is 4.82. The van der Waals surface area contributed by atoms with E-state index in [0.29, 0.717) is 4.88 Å². The van der Waals surface area contributed by atoms with Gasteiger partial charge in [-0.1, -0.05) is 12.1 Å². The molecule has 0 bridgehead atoms. The molecule has 29 heavy (non-hydrogen) atoms. The van der Waals surface area contributed by atoms with E-state index < -0.39 is 40.5 Å². The summed E-state index contributed by atoms with van der Waals surface area (Å²) in [4.78, 5) is 24.8. The highest BCUT2D eigenvalue weighted by atomic mass is 32.1. The Hall–Kier alpha value is -3.40. The molecule has 3 rings (SSSR count). The van der Waals surface area contributed by atoms with E-state index in [1.807, 2.05) is 0 Å². The first kappa shape index (κ1) is 20.3. The molecular formula is C19H12F4N2O3S. The van der Waals surface area contributed by atoms with Gasteiger partial charge in [0.05, 0.1) is 12.0 Å². The maximum atomic E-state index is 14.1. The van der Waals surface area contributed by atoms with E-state index >= 15 is 0 Å². The van der Waals surface area contributed by atoms with Crippen molar-refractivity contribution in [3.8, 4) is 5.75 Å². The number of halogens is 4. The molecule has 150 valence electrons. The van der Waals surface area contributed by atoms with Crippen molar-refractivity contribution in [2.75, 3.05) is 17.7 Å². The fraction of sp³-hybridized carbons (Fsp3) is 0.0526. The summed E-state index contributed by atoms with van der Waals surface area (Å²) in [6.45, 7) is 0. The van der Waals surface area contributed by atoms with Gasteiger partial charge < -0.3 is 15.4 Å². The van der Waals surface area contributed by atoms with Gasteiger partial charge in [-0.25, -0.2) is 8.78 Å². The minimum atomic E-state index is -1.89. The third kappa shape index (κ3) is 4.06. The Morgan fingerprint density at radius 1 is 0.862 bits per heavy atom. The lowest BCUT2D eigenvalue weighted by atomic mass is 10.1. The fourth-order valence-electron chi connectivity index (χ4n) is 2.46. The maximum Gasteiger partial charge on any atom is 0.265 e. The second-order valence-electron chi connectivity index (χ2n) is 5.63. The van der Waals surface area contributed by atoms with Crippen LogP contribution in [0.15, 0.2) is 41.8 Å². The largest absolute Gasteiger partial charge is 0.491 e. The van der Waals surface area contributed by atoms with E-state index in [9.17, 15) is 27.2 Å². The van der Waals surface area contributed by atoms with Gasteiger partial charge in [-0.3, -0.25) is 9.59 Å². The van der Waals surface area contributed by atoms with Crippen LogP contribution < -0.4 is 15.4 Å². The van der Waals surface area contributed by atoms with Crippen LogP contribution in [-0.2, 0) is 0 Å². The summed E-state index contributed by atoms with van der Waals surface area (Å²) in [5, 5.41) is 6.45. The van der Waals surface area contributed by atoms with Crippen LogP contribution in [0, 0.1) is 23.3 Å². The SMILES string of the molecule is COc1c(F)c(F)c(C(=O)Nc2cccc(NC(=O)c3cccs3)c2)c(F)c1F. The average molecular weight is 424 g/mol. The van der Waals surface area contributed by atoms with Crippen molar-refractivity contribution < 1.29 is 31.9 Å². The van der Waals surface area contributed by atoms with Crippen molar-refractivity contribution in [3.05, 3.63) is 75.5 Å². The molecule has 0 aliphatic rings. The van der Waals surface area contributed by atoms with Crippen LogP contribution in [0.2, 0.25) is 0 Å². The van der Waals surface area contributed by atoms with Gasteiger partial charge in [0, 0.05) is 11.4 Å². The predicted molar refractivity (Wildman–Crippen MR) is 99.5 cm³/mol. The van der Waals surface area contributed by atoms with Crippen LogP contribution in [0.4, 0.5) is 28.9 Å². The van der Waals surface area contributed by atoms with Gasteiger partial charge in [0.25, 0.3) is 11.8 Å². The highest BCUT2D eigenvalue weighted by Crippen LogP contribution is 2.30. The highest BCUT2D eigenvalue weighted by Gasteiger charge is 2.30. The van der Waals surface area contributed by atoms with Crippen LogP contribution in [0.5, 0.6) is 5.75 Å². The number of rotatable bonds is 5. The van der Waals surface area contributed by atoms with E-state index in [0.717, 1.165) is 7.11 Å². The first-order valence-corrected chi connectivity index (χ1v) is 8.87. The molecule has 3 aromatic rings. The zero-order valence-corrected chi connectivity index (χ0v) is 15.5. The van der Waals surface area contributed by atoms with Crippen molar-refractivity contribution in [2.45, 2.75) is 0 Å². The topological polar surface area (TPSA) is 67.4 Å². The second-order valence-corrected chi connectivity index (χ2v) is 6.58. The number of anilines is 2. The number of ether oxygens (including phenoxy) is 1. The number of nitrogens with one attached hydrogen (secondary N) is 2. The molecule has 1 aromatic heterocycles. The highest BCUT2D eigenvalue weighted by molar-refractivity contribution is 7.12. The molecule has 1 heterocycles. The standard InChI is InChI=1S/C19H12F4N2O3S/c1-28-17-15(22)13(20)12(14(21)16(17)23)19(27)25-10-5-2-4-9(8-10)24-18(26)11-6-3-7-29-11/h2-8H,1H3,(H,24,26)(H,25,27). The number of benzene rings is 2. The number of amides is 2. The fourth-order valence-corrected chi connectivity index (χ4v) is 3.08. The average Bonchev–Trinajstić information content (AvgIpc) is 3.22. The smallest absolute Gasteiger partial charge is 0.265 e. The van der Waals surface area contributed by atoms with E-state index in [2.05, 4.69) is 15.4 Å². The molecule has 0 fully saturated rings. The quantitative estimate of drug-likeness (QED) is 0.456. The Morgan fingerprint density at radius 3 is 1.97 bits per heavy atom. The molecule has 2 aromatic carbocycles.